The lowest BCUT2D eigenvalue weighted by molar-refractivity contribution is -0.138. The largest absolute Gasteiger partial charge is 0.489 e. The highest BCUT2D eigenvalue weighted by molar-refractivity contribution is 6.35. The molecule has 0 radical (unpaired) electrons. The van der Waals surface area contributed by atoms with Gasteiger partial charge in [0.1, 0.15) is 23.7 Å². The van der Waals surface area contributed by atoms with E-state index in [2.05, 4.69) is 10.2 Å². The number of halogens is 5. The van der Waals surface area contributed by atoms with Crippen molar-refractivity contribution >= 4 is 22.5 Å². The van der Waals surface area contributed by atoms with Gasteiger partial charge in [0.15, 0.2) is 0 Å². The zero-order valence-electron chi connectivity index (χ0n) is 19.3. The monoisotopic (exact) mass is 522 g/mol. The molecular formula is C29H19ClF4N2O. The van der Waals surface area contributed by atoms with E-state index in [1.165, 1.54) is 0 Å². The third-order valence-corrected chi connectivity index (χ3v) is 6.22. The average molecular weight is 523 g/mol. The lowest BCUT2D eigenvalue weighted by atomic mass is 9.96. The summed E-state index contributed by atoms with van der Waals surface area (Å²) < 4.78 is 59.6. The Balaban J connectivity index is 1.54. The molecule has 1 heterocycles. The van der Waals surface area contributed by atoms with Crippen LogP contribution >= 0.6 is 11.6 Å². The molecule has 0 aliphatic heterocycles. The van der Waals surface area contributed by atoms with E-state index in [-0.39, 0.29) is 5.56 Å². The Labute approximate surface area is 215 Å². The lowest BCUT2D eigenvalue weighted by Crippen LogP contribution is -2.11. The minimum Gasteiger partial charge on any atom is -0.489 e. The maximum atomic E-state index is 13.7. The zero-order chi connectivity index (χ0) is 26.0. The van der Waals surface area contributed by atoms with Crippen molar-refractivity contribution in [3.63, 3.8) is 0 Å². The van der Waals surface area contributed by atoms with Crippen LogP contribution in [0.5, 0.6) is 5.75 Å². The van der Waals surface area contributed by atoms with Crippen LogP contribution in [0.4, 0.5) is 17.6 Å². The maximum absolute atomic E-state index is 13.7. The Morgan fingerprint density at radius 2 is 1.59 bits per heavy atom. The fourth-order valence-electron chi connectivity index (χ4n) is 4.23. The van der Waals surface area contributed by atoms with Gasteiger partial charge < -0.3 is 4.74 Å². The van der Waals surface area contributed by atoms with Crippen molar-refractivity contribution in [3.8, 4) is 16.9 Å². The number of fused-ring (bicyclic) bond motifs is 1. The molecule has 0 unspecified atom stereocenters. The number of hydrogen-bond donors (Lipinski definition) is 0. The van der Waals surface area contributed by atoms with Crippen LogP contribution in [0.1, 0.15) is 22.4 Å². The predicted octanol–water partition coefficient (Wildman–Crippen LogP) is 8.28. The van der Waals surface area contributed by atoms with Crippen molar-refractivity contribution < 1.29 is 22.3 Å². The van der Waals surface area contributed by atoms with Crippen LogP contribution in [-0.4, -0.2) is 10.2 Å². The molecule has 5 rings (SSSR count). The first-order valence-electron chi connectivity index (χ1n) is 11.4. The van der Waals surface area contributed by atoms with E-state index in [1.807, 2.05) is 48.5 Å². The standard InChI is InChI=1S/C29H19ClF4N2O/c30-25-11-5-10-23-27(26(35-36-28(23)25)14-18-6-2-1-3-7-18)19-8-4-9-22(16-19)37-17-20-15-21(31)12-13-24(20)29(32,33)34/h1-13,15-16H,14,17H2. The number of hydrogen-bond acceptors (Lipinski definition) is 3. The highest BCUT2D eigenvalue weighted by atomic mass is 35.5. The maximum Gasteiger partial charge on any atom is 0.416 e. The molecule has 0 N–H and O–H groups in total. The van der Waals surface area contributed by atoms with Crippen molar-refractivity contribution in [2.75, 3.05) is 0 Å². The van der Waals surface area contributed by atoms with E-state index in [0.29, 0.717) is 28.4 Å². The molecule has 0 saturated heterocycles. The van der Waals surface area contributed by atoms with Crippen LogP contribution in [0.3, 0.4) is 0 Å². The van der Waals surface area contributed by atoms with Gasteiger partial charge in [-0.2, -0.15) is 18.3 Å². The second-order valence-electron chi connectivity index (χ2n) is 8.44. The van der Waals surface area contributed by atoms with E-state index in [1.54, 1.807) is 24.3 Å². The van der Waals surface area contributed by atoms with Crippen LogP contribution in [0.15, 0.2) is 91.0 Å². The Morgan fingerprint density at radius 3 is 2.38 bits per heavy atom. The van der Waals surface area contributed by atoms with Gasteiger partial charge in [0, 0.05) is 22.9 Å². The summed E-state index contributed by atoms with van der Waals surface area (Å²) in [5.41, 5.74) is 2.60. The van der Waals surface area contributed by atoms with E-state index >= 15 is 0 Å². The second kappa shape index (κ2) is 10.2. The van der Waals surface area contributed by atoms with Gasteiger partial charge in [-0.25, -0.2) is 4.39 Å². The predicted molar refractivity (Wildman–Crippen MR) is 135 cm³/mol. The molecule has 0 amide bonds. The fraction of sp³-hybridized carbons (Fsp3) is 0.103. The van der Waals surface area contributed by atoms with Crippen molar-refractivity contribution in [1.29, 1.82) is 0 Å². The molecule has 0 aliphatic rings. The van der Waals surface area contributed by atoms with Gasteiger partial charge in [-0.1, -0.05) is 66.2 Å². The minimum absolute atomic E-state index is 0.287. The third-order valence-electron chi connectivity index (χ3n) is 5.92. The summed E-state index contributed by atoms with van der Waals surface area (Å²) in [5, 5.41) is 10.1. The number of ether oxygens (including phenoxy) is 1. The number of benzene rings is 4. The van der Waals surface area contributed by atoms with Crippen molar-refractivity contribution in [2.24, 2.45) is 0 Å². The number of aromatic nitrogens is 2. The second-order valence-corrected chi connectivity index (χ2v) is 8.84. The molecule has 0 spiro atoms. The SMILES string of the molecule is Fc1ccc(C(F)(F)F)c(COc2cccc(-c3c(Cc4ccccc4)nnc4c(Cl)cccc34)c2)c1. The number of nitrogens with zero attached hydrogens (tertiary/aromatic N) is 2. The summed E-state index contributed by atoms with van der Waals surface area (Å²) >= 11 is 6.39. The molecular weight excluding hydrogens is 504 g/mol. The Morgan fingerprint density at radius 1 is 0.811 bits per heavy atom. The molecule has 0 atom stereocenters. The summed E-state index contributed by atoms with van der Waals surface area (Å²) in [7, 11) is 0. The lowest BCUT2D eigenvalue weighted by Gasteiger charge is -2.16. The van der Waals surface area contributed by atoms with Gasteiger partial charge in [0.05, 0.1) is 16.3 Å². The van der Waals surface area contributed by atoms with E-state index < -0.39 is 24.2 Å². The average Bonchev–Trinajstić information content (AvgIpc) is 2.87. The molecule has 0 aliphatic carbocycles. The summed E-state index contributed by atoms with van der Waals surface area (Å²) in [5.74, 6) is -0.440. The van der Waals surface area contributed by atoms with Gasteiger partial charge >= 0.3 is 6.18 Å². The molecule has 4 aromatic carbocycles. The normalized spacial score (nSPS) is 11.6. The van der Waals surface area contributed by atoms with Crippen molar-refractivity contribution in [1.82, 2.24) is 10.2 Å². The summed E-state index contributed by atoms with van der Waals surface area (Å²) in [6.07, 6.45) is -4.11. The zero-order valence-corrected chi connectivity index (χ0v) is 20.0. The number of rotatable bonds is 6. The molecule has 186 valence electrons. The Bertz CT molecular complexity index is 1570. The molecule has 0 fully saturated rings. The van der Waals surface area contributed by atoms with Gasteiger partial charge in [0.2, 0.25) is 0 Å². The van der Waals surface area contributed by atoms with Crippen LogP contribution in [0.25, 0.3) is 22.0 Å². The van der Waals surface area contributed by atoms with Gasteiger partial charge in [-0.05, 0) is 47.5 Å². The summed E-state index contributed by atoms with van der Waals surface area (Å²) in [6, 6.07) is 24.6. The van der Waals surface area contributed by atoms with E-state index in [0.717, 1.165) is 40.3 Å². The molecule has 8 heteroatoms. The topological polar surface area (TPSA) is 35.0 Å². The Hall–Kier alpha value is -3.97. The molecule has 5 aromatic rings. The highest BCUT2D eigenvalue weighted by Crippen LogP contribution is 2.36. The van der Waals surface area contributed by atoms with Gasteiger partial charge in [-0.3, -0.25) is 0 Å². The van der Waals surface area contributed by atoms with Crippen LogP contribution in [-0.2, 0) is 19.2 Å². The first-order chi connectivity index (χ1) is 17.8. The fourth-order valence-corrected chi connectivity index (χ4v) is 4.44. The molecule has 37 heavy (non-hydrogen) atoms. The molecule has 0 saturated carbocycles. The molecule has 0 bridgehead atoms. The van der Waals surface area contributed by atoms with E-state index in [9.17, 15) is 17.6 Å². The summed E-state index contributed by atoms with van der Waals surface area (Å²) in [4.78, 5) is 0. The highest BCUT2D eigenvalue weighted by Gasteiger charge is 2.33. The van der Waals surface area contributed by atoms with Gasteiger partial charge in [-0.15, -0.1) is 5.10 Å². The summed E-state index contributed by atoms with van der Waals surface area (Å²) in [6.45, 7) is -0.450. The minimum atomic E-state index is -4.62. The third kappa shape index (κ3) is 5.42. The number of alkyl halides is 3. The Kier molecular flexibility index (Phi) is 6.80. The molecule has 3 nitrogen and oxygen atoms in total. The van der Waals surface area contributed by atoms with Crippen LogP contribution in [0.2, 0.25) is 5.02 Å². The van der Waals surface area contributed by atoms with Crippen molar-refractivity contribution in [3.05, 3.63) is 124 Å². The first kappa shape index (κ1) is 24.7. The van der Waals surface area contributed by atoms with E-state index in [4.69, 9.17) is 16.3 Å². The van der Waals surface area contributed by atoms with Gasteiger partial charge in [0.25, 0.3) is 0 Å². The smallest absolute Gasteiger partial charge is 0.416 e. The van der Waals surface area contributed by atoms with Crippen LogP contribution < -0.4 is 4.74 Å². The first-order valence-corrected chi connectivity index (χ1v) is 11.7. The molecule has 1 aromatic heterocycles. The van der Waals surface area contributed by atoms with Crippen molar-refractivity contribution in [2.45, 2.75) is 19.2 Å². The van der Waals surface area contributed by atoms with Crippen LogP contribution in [0, 0.1) is 5.82 Å². The quantitative estimate of drug-likeness (QED) is 0.210.